The smallest absolute Gasteiger partial charge is 0.251 e. The van der Waals surface area contributed by atoms with Crippen molar-refractivity contribution >= 4 is 5.91 Å². The lowest BCUT2D eigenvalue weighted by atomic mass is 10.0. The van der Waals surface area contributed by atoms with E-state index in [-0.39, 0.29) is 6.04 Å². The number of benzene rings is 1. The number of carbonyl (C=O) groups excluding carboxylic acids is 1. The van der Waals surface area contributed by atoms with E-state index < -0.39 is 5.91 Å². The molecule has 100 valence electrons. The van der Waals surface area contributed by atoms with E-state index in [0.717, 1.165) is 23.2 Å². The predicted molar refractivity (Wildman–Crippen MR) is 74.2 cm³/mol. The zero-order valence-electron chi connectivity index (χ0n) is 11.1. The topological polar surface area (TPSA) is 86.9 Å². The highest BCUT2D eigenvalue weighted by molar-refractivity contribution is 5.92. The summed E-state index contributed by atoms with van der Waals surface area (Å²) >= 11 is 0. The van der Waals surface area contributed by atoms with Crippen molar-refractivity contribution in [3.05, 3.63) is 47.3 Å². The van der Waals surface area contributed by atoms with Gasteiger partial charge in [0.05, 0.1) is 17.4 Å². The van der Waals surface area contributed by atoms with Gasteiger partial charge in [-0.25, -0.2) is 4.68 Å². The molecule has 0 spiro atoms. The number of nitrogens with zero attached hydrogens (tertiary/aromatic N) is 2. The lowest BCUT2D eigenvalue weighted by Crippen LogP contribution is -2.18. The zero-order valence-corrected chi connectivity index (χ0v) is 11.1. The molecule has 19 heavy (non-hydrogen) atoms. The second kappa shape index (κ2) is 5.24. The maximum Gasteiger partial charge on any atom is 0.251 e. The van der Waals surface area contributed by atoms with Gasteiger partial charge in [-0.2, -0.15) is 5.10 Å². The summed E-state index contributed by atoms with van der Waals surface area (Å²) in [4.78, 5) is 11.1. The average molecular weight is 258 g/mol. The van der Waals surface area contributed by atoms with Crippen LogP contribution in [0, 0.1) is 6.92 Å². The number of hydrogen-bond donors (Lipinski definition) is 2. The van der Waals surface area contributed by atoms with Crippen LogP contribution < -0.4 is 11.5 Å². The SMILES string of the molecule is Cc1ccc(CC(C)N)cc1-n1cc(C(N)=O)cn1. The fraction of sp³-hybridized carbons (Fsp3) is 0.286. The van der Waals surface area contributed by atoms with Crippen molar-refractivity contribution in [1.29, 1.82) is 0 Å². The lowest BCUT2D eigenvalue weighted by Gasteiger charge is -2.10. The van der Waals surface area contributed by atoms with E-state index >= 15 is 0 Å². The van der Waals surface area contributed by atoms with E-state index in [1.54, 1.807) is 10.9 Å². The Kier molecular flexibility index (Phi) is 3.66. The normalized spacial score (nSPS) is 12.4. The number of aryl methyl sites for hydroxylation is 1. The van der Waals surface area contributed by atoms with Crippen molar-refractivity contribution in [2.24, 2.45) is 11.5 Å². The third-order valence-corrected chi connectivity index (χ3v) is 2.95. The molecule has 1 unspecified atom stereocenters. The van der Waals surface area contributed by atoms with Crippen LogP contribution in [0.4, 0.5) is 0 Å². The minimum absolute atomic E-state index is 0.106. The van der Waals surface area contributed by atoms with Crippen LogP contribution in [-0.2, 0) is 6.42 Å². The maximum atomic E-state index is 11.1. The van der Waals surface area contributed by atoms with Crippen LogP contribution in [0.25, 0.3) is 5.69 Å². The van der Waals surface area contributed by atoms with Crippen LogP contribution in [-0.4, -0.2) is 21.7 Å². The van der Waals surface area contributed by atoms with Gasteiger partial charge in [-0.05, 0) is 37.5 Å². The Morgan fingerprint density at radius 3 is 2.79 bits per heavy atom. The van der Waals surface area contributed by atoms with E-state index in [2.05, 4.69) is 11.2 Å². The quantitative estimate of drug-likeness (QED) is 0.863. The molecule has 0 saturated heterocycles. The molecule has 0 saturated carbocycles. The summed E-state index contributed by atoms with van der Waals surface area (Å²) in [7, 11) is 0. The first-order chi connectivity index (χ1) is 8.97. The van der Waals surface area contributed by atoms with Gasteiger partial charge in [-0.1, -0.05) is 12.1 Å². The van der Waals surface area contributed by atoms with Crippen molar-refractivity contribution in [2.75, 3.05) is 0 Å². The fourth-order valence-corrected chi connectivity index (χ4v) is 1.98. The summed E-state index contributed by atoms with van der Waals surface area (Å²) in [6.45, 7) is 3.97. The largest absolute Gasteiger partial charge is 0.366 e. The molecule has 1 aromatic heterocycles. The third kappa shape index (κ3) is 3.00. The standard InChI is InChI=1S/C14H18N4O/c1-9-3-4-11(5-10(2)15)6-13(9)18-8-12(7-17-18)14(16)19/h3-4,6-8,10H,5,15H2,1-2H3,(H2,16,19). The first kappa shape index (κ1) is 13.3. The predicted octanol–water partition coefficient (Wildman–Crippen LogP) is 1.17. The molecule has 1 amide bonds. The molecule has 2 aromatic rings. The molecular weight excluding hydrogens is 240 g/mol. The summed E-state index contributed by atoms with van der Waals surface area (Å²) in [6, 6.07) is 6.23. The van der Waals surface area contributed by atoms with Crippen molar-refractivity contribution in [1.82, 2.24) is 9.78 Å². The Labute approximate surface area is 112 Å². The van der Waals surface area contributed by atoms with Gasteiger partial charge in [-0.15, -0.1) is 0 Å². The Bertz CT molecular complexity index is 601. The minimum atomic E-state index is -0.476. The van der Waals surface area contributed by atoms with Gasteiger partial charge in [0, 0.05) is 12.2 Å². The molecule has 5 nitrogen and oxygen atoms in total. The molecule has 0 fully saturated rings. The highest BCUT2D eigenvalue weighted by Gasteiger charge is 2.08. The summed E-state index contributed by atoms with van der Waals surface area (Å²) in [5, 5.41) is 4.17. The second-order valence-electron chi connectivity index (χ2n) is 4.84. The van der Waals surface area contributed by atoms with E-state index in [1.165, 1.54) is 6.20 Å². The molecule has 0 aliphatic carbocycles. The molecular formula is C14H18N4O. The van der Waals surface area contributed by atoms with Crippen LogP contribution in [0.15, 0.2) is 30.6 Å². The van der Waals surface area contributed by atoms with Crippen LogP contribution in [0.5, 0.6) is 0 Å². The van der Waals surface area contributed by atoms with Gasteiger partial charge in [0.1, 0.15) is 0 Å². The van der Waals surface area contributed by atoms with E-state index in [4.69, 9.17) is 11.5 Å². The van der Waals surface area contributed by atoms with Crippen LogP contribution in [0.3, 0.4) is 0 Å². The van der Waals surface area contributed by atoms with Gasteiger partial charge >= 0.3 is 0 Å². The molecule has 4 N–H and O–H groups in total. The number of rotatable bonds is 4. The fourth-order valence-electron chi connectivity index (χ4n) is 1.98. The molecule has 0 bridgehead atoms. The monoisotopic (exact) mass is 258 g/mol. The van der Waals surface area contributed by atoms with Crippen LogP contribution in [0.2, 0.25) is 0 Å². The number of nitrogens with two attached hydrogens (primary N) is 2. The van der Waals surface area contributed by atoms with Gasteiger partial charge in [0.25, 0.3) is 5.91 Å². The molecule has 2 rings (SSSR count). The Morgan fingerprint density at radius 2 is 2.21 bits per heavy atom. The maximum absolute atomic E-state index is 11.1. The number of aromatic nitrogens is 2. The molecule has 1 heterocycles. The molecule has 1 atom stereocenters. The highest BCUT2D eigenvalue weighted by atomic mass is 16.1. The van der Waals surface area contributed by atoms with Crippen molar-refractivity contribution in [2.45, 2.75) is 26.3 Å². The number of primary amides is 1. The van der Waals surface area contributed by atoms with Crippen molar-refractivity contribution < 1.29 is 4.79 Å². The first-order valence-electron chi connectivity index (χ1n) is 6.17. The zero-order chi connectivity index (χ0) is 14.0. The van der Waals surface area contributed by atoms with Gasteiger partial charge in [0.15, 0.2) is 0 Å². The number of hydrogen-bond acceptors (Lipinski definition) is 3. The number of carbonyl (C=O) groups is 1. The summed E-state index contributed by atoms with van der Waals surface area (Å²) in [6.07, 6.45) is 3.91. The summed E-state index contributed by atoms with van der Waals surface area (Å²) in [5.41, 5.74) is 14.6. The number of amides is 1. The average Bonchev–Trinajstić information content (AvgIpc) is 2.80. The van der Waals surface area contributed by atoms with Crippen molar-refractivity contribution in [3.63, 3.8) is 0 Å². The Balaban J connectivity index is 2.39. The van der Waals surface area contributed by atoms with Gasteiger partial charge in [-0.3, -0.25) is 4.79 Å². The summed E-state index contributed by atoms with van der Waals surface area (Å²) in [5.74, 6) is -0.476. The second-order valence-corrected chi connectivity index (χ2v) is 4.84. The molecule has 0 aliphatic rings. The van der Waals surface area contributed by atoms with E-state index in [9.17, 15) is 4.79 Å². The van der Waals surface area contributed by atoms with Crippen LogP contribution in [0.1, 0.15) is 28.4 Å². The lowest BCUT2D eigenvalue weighted by molar-refractivity contribution is 0.100. The van der Waals surface area contributed by atoms with Crippen LogP contribution >= 0.6 is 0 Å². The van der Waals surface area contributed by atoms with E-state index in [1.807, 2.05) is 26.0 Å². The minimum Gasteiger partial charge on any atom is -0.366 e. The molecule has 0 aliphatic heterocycles. The summed E-state index contributed by atoms with van der Waals surface area (Å²) < 4.78 is 1.67. The highest BCUT2D eigenvalue weighted by Crippen LogP contribution is 2.17. The molecule has 0 radical (unpaired) electrons. The third-order valence-electron chi connectivity index (χ3n) is 2.95. The molecule has 1 aromatic carbocycles. The first-order valence-corrected chi connectivity index (χ1v) is 6.17. The molecule has 5 heteroatoms. The van der Waals surface area contributed by atoms with Gasteiger partial charge < -0.3 is 11.5 Å². The van der Waals surface area contributed by atoms with E-state index in [0.29, 0.717) is 5.56 Å². The van der Waals surface area contributed by atoms with Gasteiger partial charge in [0.2, 0.25) is 0 Å². The van der Waals surface area contributed by atoms with Crippen molar-refractivity contribution in [3.8, 4) is 5.69 Å². The Morgan fingerprint density at radius 1 is 1.47 bits per heavy atom. The Hall–Kier alpha value is -2.14.